The van der Waals surface area contributed by atoms with Crippen LogP contribution in [0.3, 0.4) is 0 Å². The molecule has 0 saturated carbocycles. The number of hydrogen-bond acceptors (Lipinski definition) is 7. The van der Waals surface area contributed by atoms with Crippen molar-refractivity contribution in [2.45, 2.75) is 18.4 Å². The van der Waals surface area contributed by atoms with Crippen molar-refractivity contribution in [3.05, 3.63) is 217 Å². The van der Waals surface area contributed by atoms with E-state index < -0.39 is 5.41 Å². The van der Waals surface area contributed by atoms with Gasteiger partial charge in [0, 0.05) is 39.2 Å². The standard InChI is InChI=1S/C53H38N6S/c1-53-35-40(36-27-30-43(31-28-36)58(41-23-13-5-14-24-41)42-25-15-6-16-26-42)29-34-46(53)59(47-44(53)32-33-45-48(47)60-51(54-45)39-21-11-4-12-22-39)52-56-49(37-17-7-2-8-18-37)55-50(57-52)38-19-9-3-10-20-38/h2-35,46H,1H3. The maximum atomic E-state index is 5.29. The summed E-state index contributed by atoms with van der Waals surface area (Å²) in [5.41, 5.74) is 11.4. The van der Waals surface area contributed by atoms with Crippen LogP contribution < -0.4 is 9.80 Å². The van der Waals surface area contributed by atoms with Crippen molar-refractivity contribution in [3.63, 3.8) is 0 Å². The zero-order chi connectivity index (χ0) is 40.0. The van der Waals surface area contributed by atoms with Gasteiger partial charge in [-0.1, -0.05) is 164 Å². The second-order valence-corrected chi connectivity index (χ2v) is 16.3. The Morgan fingerprint density at radius 3 is 1.60 bits per heavy atom. The van der Waals surface area contributed by atoms with Crippen LogP contribution in [0.25, 0.3) is 49.1 Å². The normalized spacial score (nSPS) is 16.6. The molecule has 2 unspecified atom stereocenters. The van der Waals surface area contributed by atoms with Gasteiger partial charge < -0.3 is 9.80 Å². The first-order chi connectivity index (χ1) is 29.6. The van der Waals surface area contributed by atoms with Gasteiger partial charge in [-0.15, -0.1) is 11.3 Å². The summed E-state index contributed by atoms with van der Waals surface area (Å²) in [5.74, 6) is 1.87. The topological polar surface area (TPSA) is 58.0 Å². The summed E-state index contributed by atoms with van der Waals surface area (Å²) in [7, 11) is 0. The van der Waals surface area contributed by atoms with Gasteiger partial charge in [-0.2, -0.15) is 9.97 Å². The van der Waals surface area contributed by atoms with Gasteiger partial charge >= 0.3 is 0 Å². The molecule has 7 aromatic carbocycles. The number of aromatic nitrogens is 4. The molecule has 9 aromatic rings. The van der Waals surface area contributed by atoms with E-state index in [1.165, 1.54) is 11.1 Å². The minimum Gasteiger partial charge on any atom is -0.311 e. The molecule has 0 spiro atoms. The Kier molecular flexibility index (Phi) is 8.75. The average Bonchev–Trinajstić information content (AvgIpc) is 3.88. The molecule has 2 aliphatic rings. The van der Waals surface area contributed by atoms with Gasteiger partial charge in [0.25, 0.3) is 0 Å². The summed E-state index contributed by atoms with van der Waals surface area (Å²) in [5, 5.41) is 0.983. The molecule has 286 valence electrons. The number of nitrogens with zero attached hydrogens (tertiary/aromatic N) is 6. The highest BCUT2D eigenvalue weighted by molar-refractivity contribution is 7.22. The number of thiazole rings is 1. The fraction of sp³-hybridized carbons (Fsp3) is 0.0566. The molecule has 11 rings (SSSR count). The molecule has 1 aliphatic heterocycles. The predicted molar refractivity (Wildman–Crippen MR) is 247 cm³/mol. The lowest BCUT2D eigenvalue weighted by Crippen LogP contribution is -2.40. The summed E-state index contributed by atoms with van der Waals surface area (Å²) in [6.45, 7) is 2.35. The highest BCUT2D eigenvalue weighted by atomic mass is 32.1. The SMILES string of the molecule is CC12C=C(c3ccc(N(c4ccccc4)c4ccccc4)cc3)C=CC1N(c1nc(-c3ccccc3)nc(-c3ccccc3)n1)c1c2ccc2nc(-c3ccccc3)sc12. The lowest BCUT2D eigenvalue weighted by atomic mass is 9.73. The Hall–Kier alpha value is -7.48. The van der Waals surface area contributed by atoms with Crippen molar-refractivity contribution < 1.29 is 0 Å². The van der Waals surface area contributed by atoms with Gasteiger partial charge in [-0.25, -0.2) is 9.97 Å². The molecule has 0 amide bonds. The van der Waals surface area contributed by atoms with Crippen molar-refractivity contribution >= 4 is 55.8 Å². The molecule has 60 heavy (non-hydrogen) atoms. The first-order valence-corrected chi connectivity index (χ1v) is 21.0. The van der Waals surface area contributed by atoms with E-state index in [4.69, 9.17) is 19.9 Å². The highest BCUT2D eigenvalue weighted by Crippen LogP contribution is 2.56. The molecule has 0 bridgehead atoms. The quantitative estimate of drug-likeness (QED) is 0.153. The number of anilines is 5. The summed E-state index contributed by atoms with van der Waals surface area (Å²) in [6.07, 6.45) is 7.05. The highest BCUT2D eigenvalue weighted by Gasteiger charge is 2.49. The van der Waals surface area contributed by atoms with Gasteiger partial charge in [0.15, 0.2) is 11.6 Å². The number of allylic oxidation sites excluding steroid dienone is 2. The fourth-order valence-electron chi connectivity index (χ4n) is 8.65. The third-order valence-corrected chi connectivity index (χ3v) is 12.7. The van der Waals surface area contributed by atoms with Gasteiger partial charge in [0.1, 0.15) is 5.01 Å². The van der Waals surface area contributed by atoms with Crippen LogP contribution >= 0.6 is 11.3 Å². The Morgan fingerprint density at radius 2 is 1.03 bits per heavy atom. The molecule has 2 aromatic heterocycles. The second kappa shape index (κ2) is 14.7. The van der Waals surface area contributed by atoms with Crippen molar-refractivity contribution in [3.8, 4) is 33.3 Å². The van der Waals surface area contributed by atoms with Crippen LogP contribution in [0, 0.1) is 0 Å². The second-order valence-electron chi connectivity index (χ2n) is 15.3. The van der Waals surface area contributed by atoms with E-state index in [2.05, 4.69) is 181 Å². The first-order valence-electron chi connectivity index (χ1n) is 20.2. The van der Waals surface area contributed by atoms with Gasteiger partial charge in [0.2, 0.25) is 5.95 Å². The molecule has 6 nitrogen and oxygen atoms in total. The minimum atomic E-state index is -0.435. The first kappa shape index (κ1) is 35.7. The van der Waals surface area contributed by atoms with Crippen molar-refractivity contribution in [1.82, 2.24) is 19.9 Å². The van der Waals surface area contributed by atoms with Gasteiger partial charge in [-0.05, 0) is 66.1 Å². The predicted octanol–water partition coefficient (Wildman–Crippen LogP) is 13.4. The molecule has 0 radical (unpaired) electrons. The van der Waals surface area contributed by atoms with Crippen LogP contribution in [0.2, 0.25) is 0 Å². The van der Waals surface area contributed by atoms with E-state index in [-0.39, 0.29) is 6.04 Å². The number of para-hydroxylation sites is 2. The van der Waals surface area contributed by atoms with Crippen molar-refractivity contribution in [2.75, 3.05) is 9.80 Å². The lowest BCUT2D eigenvalue weighted by molar-refractivity contribution is 0.548. The van der Waals surface area contributed by atoms with Crippen LogP contribution in [0.15, 0.2) is 206 Å². The summed E-state index contributed by atoms with van der Waals surface area (Å²) >= 11 is 1.72. The van der Waals surface area contributed by atoms with E-state index in [1.807, 2.05) is 42.5 Å². The number of benzene rings is 7. The Balaban J connectivity index is 1.06. The minimum absolute atomic E-state index is 0.121. The number of rotatable bonds is 8. The van der Waals surface area contributed by atoms with E-state index >= 15 is 0 Å². The van der Waals surface area contributed by atoms with E-state index in [1.54, 1.807) is 11.3 Å². The van der Waals surface area contributed by atoms with Gasteiger partial charge in [-0.3, -0.25) is 0 Å². The van der Waals surface area contributed by atoms with E-state index in [0.29, 0.717) is 17.6 Å². The van der Waals surface area contributed by atoms with Crippen molar-refractivity contribution in [2.24, 2.45) is 0 Å². The maximum Gasteiger partial charge on any atom is 0.234 e. The molecular formula is C53H38N6S. The summed E-state index contributed by atoms with van der Waals surface area (Å²) < 4.78 is 1.11. The zero-order valence-corrected chi connectivity index (χ0v) is 33.6. The molecule has 3 heterocycles. The van der Waals surface area contributed by atoms with Crippen LogP contribution in [0.4, 0.5) is 28.7 Å². The Bertz CT molecular complexity index is 2940. The summed E-state index contributed by atoms with van der Waals surface area (Å²) in [6, 6.07) is 65.1. The molecular weight excluding hydrogens is 753 g/mol. The third kappa shape index (κ3) is 6.19. The van der Waals surface area contributed by atoms with Crippen LogP contribution in [0.1, 0.15) is 18.1 Å². The van der Waals surface area contributed by atoms with Crippen LogP contribution in [-0.2, 0) is 5.41 Å². The lowest BCUT2D eigenvalue weighted by Gasteiger charge is -2.35. The van der Waals surface area contributed by atoms with Crippen LogP contribution in [0.5, 0.6) is 0 Å². The Morgan fingerprint density at radius 1 is 0.517 bits per heavy atom. The summed E-state index contributed by atoms with van der Waals surface area (Å²) in [4.78, 5) is 25.4. The average molecular weight is 791 g/mol. The monoisotopic (exact) mass is 790 g/mol. The van der Waals surface area contributed by atoms with Crippen LogP contribution in [-0.4, -0.2) is 26.0 Å². The Labute approximate surface area is 353 Å². The molecule has 0 fully saturated rings. The number of fused-ring (bicyclic) bond motifs is 5. The van der Waals surface area contributed by atoms with E-state index in [9.17, 15) is 0 Å². The largest absolute Gasteiger partial charge is 0.311 e. The molecule has 1 aliphatic carbocycles. The van der Waals surface area contributed by atoms with E-state index in [0.717, 1.165) is 60.2 Å². The molecule has 2 atom stereocenters. The zero-order valence-electron chi connectivity index (χ0n) is 32.8. The third-order valence-electron chi connectivity index (χ3n) is 11.6. The number of hydrogen-bond donors (Lipinski definition) is 0. The van der Waals surface area contributed by atoms with Gasteiger partial charge in [0.05, 0.1) is 21.9 Å². The molecule has 7 heteroatoms. The van der Waals surface area contributed by atoms with Crippen molar-refractivity contribution in [1.29, 1.82) is 0 Å². The molecule has 0 saturated heterocycles. The fourth-order valence-corrected chi connectivity index (χ4v) is 9.77. The maximum absolute atomic E-state index is 5.29. The smallest absolute Gasteiger partial charge is 0.234 e. The molecule has 0 N–H and O–H groups in total.